The van der Waals surface area contributed by atoms with Crippen LogP contribution in [-0.4, -0.2) is 35.8 Å². The van der Waals surface area contributed by atoms with Crippen LogP contribution in [0.3, 0.4) is 0 Å². The molecule has 1 saturated heterocycles. The van der Waals surface area contributed by atoms with Crippen molar-refractivity contribution in [3.63, 3.8) is 0 Å². The molecule has 1 aliphatic rings. The Morgan fingerprint density at radius 2 is 1.77 bits per heavy atom. The SMILES string of the molecule is O=C1O[C@@](CCO)(c2cccs2)CCN1CCc1ccc(-c2ccc(F)cc2)cc1. The average molecular weight is 426 g/mol. The second-order valence-electron chi connectivity index (χ2n) is 7.50. The molecule has 0 radical (unpaired) electrons. The molecule has 0 unspecified atom stereocenters. The third kappa shape index (κ3) is 4.40. The molecule has 1 aliphatic heterocycles. The number of carbonyl (C=O) groups is 1. The molecule has 1 aromatic heterocycles. The van der Waals surface area contributed by atoms with Crippen LogP contribution in [0.5, 0.6) is 0 Å². The second-order valence-corrected chi connectivity index (χ2v) is 8.45. The molecule has 1 fully saturated rings. The molecule has 0 aliphatic carbocycles. The van der Waals surface area contributed by atoms with E-state index in [0.29, 0.717) is 25.9 Å². The number of aliphatic hydroxyl groups excluding tert-OH is 1. The Morgan fingerprint density at radius 3 is 2.37 bits per heavy atom. The van der Waals surface area contributed by atoms with E-state index in [1.165, 1.54) is 12.1 Å². The zero-order valence-corrected chi connectivity index (χ0v) is 17.4. The van der Waals surface area contributed by atoms with Crippen molar-refractivity contribution < 1.29 is 19.0 Å². The lowest BCUT2D eigenvalue weighted by atomic mass is 9.92. The average Bonchev–Trinajstić information content (AvgIpc) is 3.30. The predicted molar refractivity (Wildman–Crippen MR) is 116 cm³/mol. The standard InChI is InChI=1S/C24H24FNO3S/c25-21-9-7-20(8-10-21)19-5-3-18(4-6-19)11-14-26-15-12-24(13-16-27,29-23(26)28)22-2-1-17-30-22/h1-10,17,27H,11-16H2/t24-/m0/s1. The van der Waals surface area contributed by atoms with Crippen molar-refractivity contribution in [2.45, 2.75) is 24.9 Å². The number of cyclic esters (lactones) is 1. The van der Waals surface area contributed by atoms with E-state index in [2.05, 4.69) is 0 Å². The van der Waals surface area contributed by atoms with Gasteiger partial charge >= 0.3 is 6.09 Å². The fourth-order valence-electron chi connectivity index (χ4n) is 3.85. The van der Waals surface area contributed by atoms with Crippen LogP contribution in [0, 0.1) is 5.82 Å². The lowest BCUT2D eigenvalue weighted by Gasteiger charge is -2.40. The van der Waals surface area contributed by atoms with Gasteiger partial charge < -0.3 is 14.7 Å². The lowest BCUT2D eigenvalue weighted by molar-refractivity contribution is -0.0624. The van der Waals surface area contributed by atoms with Gasteiger partial charge in [-0.2, -0.15) is 0 Å². The van der Waals surface area contributed by atoms with Gasteiger partial charge in [-0.15, -0.1) is 11.3 Å². The molecule has 1 amide bonds. The van der Waals surface area contributed by atoms with Crippen LogP contribution >= 0.6 is 11.3 Å². The van der Waals surface area contributed by atoms with Crippen LogP contribution in [0.1, 0.15) is 23.3 Å². The summed E-state index contributed by atoms with van der Waals surface area (Å²) in [6.45, 7) is 1.16. The number of rotatable bonds is 7. The van der Waals surface area contributed by atoms with Gasteiger partial charge in [0, 0.05) is 37.4 Å². The van der Waals surface area contributed by atoms with E-state index in [9.17, 15) is 14.3 Å². The Kier molecular flexibility index (Phi) is 6.16. The summed E-state index contributed by atoms with van der Waals surface area (Å²) in [4.78, 5) is 15.4. The molecule has 2 heterocycles. The number of halogens is 1. The fraction of sp³-hybridized carbons (Fsp3) is 0.292. The summed E-state index contributed by atoms with van der Waals surface area (Å²) < 4.78 is 18.9. The zero-order valence-electron chi connectivity index (χ0n) is 16.6. The third-order valence-electron chi connectivity index (χ3n) is 5.61. The highest BCUT2D eigenvalue weighted by Gasteiger charge is 2.42. The molecule has 1 N–H and O–H groups in total. The summed E-state index contributed by atoms with van der Waals surface area (Å²) in [7, 11) is 0. The van der Waals surface area contributed by atoms with E-state index >= 15 is 0 Å². The van der Waals surface area contributed by atoms with Gasteiger partial charge in [-0.3, -0.25) is 0 Å². The van der Waals surface area contributed by atoms with Crippen molar-refractivity contribution in [3.05, 3.63) is 82.3 Å². The van der Waals surface area contributed by atoms with Crippen molar-refractivity contribution in [2.24, 2.45) is 0 Å². The van der Waals surface area contributed by atoms with Crippen molar-refractivity contribution >= 4 is 17.4 Å². The summed E-state index contributed by atoms with van der Waals surface area (Å²) in [6.07, 6.45) is 1.48. The molecule has 1 atom stereocenters. The maximum Gasteiger partial charge on any atom is 0.410 e. The predicted octanol–water partition coefficient (Wildman–Crippen LogP) is 5.22. The van der Waals surface area contributed by atoms with E-state index in [4.69, 9.17) is 4.74 Å². The minimum Gasteiger partial charge on any atom is -0.437 e. The monoisotopic (exact) mass is 425 g/mol. The smallest absolute Gasteiger partial charge is 0.410 e. The van der Waals surface area contributed by atoms with Gasteiger partial charge in [0.2, 0.25) is 0 Å². The molecule has 30 heavy (non-hydrogen) atoms. The van der Waals surface area contributed by atoms with E-state index in [1.54, 1.807) is 28.4 Å². The molecular weight excluding hydrogens is 401 g/mol. The molecule has 0 bridgehead atoms. The van der Waals surface area contributed by atoms with E-state index in [1.807, 2.05) is 41.8 Å². The normalized spacial score (nSPS) is 19.0. The Balaban J connectivity index is 1.36. The van der Waals surface area contributed by atoms with Crippen molar-refractivity contribution in [1.82, 2.24) is 4.90 Å². The molecule has 4 rings (SSSR count). The maximum absolute atomic E-state index is 13.1. The first-order valence-corrected chi connectivity index (χ1v) is 11.0. The second kappa shape index (κ2) is 8.98. The molecule has 6 heteroatoms. The highest BCUT2D eigenvalue weighted by Crippen LogP contribution is 2.39. The number of hydrogen-bond donors (Lipinski definition) is 1. The largest absolute Gasteiger partial charge is 0.437 e. The molecule has 3 aromatic rings. The summed E-state index contributed by atoms with van der Waals surface area (Å²) in [6, 6.07) is 18.4. The summed E-state index contributed by atoms with van der Waals surface area (Å²) in [5.74, 6) is -0.245. The quantitative estimate of drug-likeness (QED) is 0.565. The highest BCUT2D eigenvalue weighted by atomic mass is 32.1. The van der Waals surface area contributed by atoms with Crippen LogP contribution < -0.4 is 0 Å². The first-order chi connectivity index (χ1) is 14.6. The van der Waals surface area contributed by atoms with Crippen LogP contribution in [-0.2, 0) is 16.8 Å². The Hall–Kier alpha value is -2.70. The summed E-state index contributed by atoms with van der Waals surface area (Å²) in [5, 5.41) is 11.4. The minimum atomic E-state index is -0.715. The van der Waals surface area contributed by atoms with E-state index < -0.39 is 5.60 Å². The van der Waals surface area contributed by atoms with Gasteiger partial charge in [-0.25, -0.2) is 9.18 Å². The first-order valence-electron chi connectivity index (χ1n) is 10.1. The molecule has 156 valence electrons. The van der Waals surface area contributed by atoms with Crippen LogP contribution in [0.2, 0.25) is 0 Å². The first kappa shape index (κ1) is 20.6. The third-order valence-corrected chi connectivity index (χ3v) is 6.67. The highest BCUT2D eigenvalue weighted by molar-refractivity contribution is 7.10. The Labute approximate surface area is 179 Å². The number of nitrogens with zero attached hydrogens (tertiary/aromatic N) is 1. The lowest BCUT2D eigenvalue weighted by Crippen LogP contribution is -2.48. The van der Waals surface area contributed by atoms with Gasteiger partial charge in [0.25, 0.3) is 0 Å². The minimum absolute atomic E-state index is 0.0222. The summed E-state index contributed by atoms with van der Waals surface area (Å²) >= 11 is 1.55. The number of aliphatic hydroxyl groups is 1. The molecule has 0 spiro atoms. The van der Waals surface area contributed by atoms with Gasteiger partial charge in [-0.1, -0.05) is 42.5 Å². The maximum atomic E-state index is 13.1. The van der Waals surface area contributed by atoms with Gasteiger partial charge in [-0.05, 0) is 46.7 Å². The van der Waals surface area contributed by atoms with Gasteiger partial charge in [0.05, 0.1) is 0 Å². The number of amides is 1. The molecule has 4 nitrogen and oxygen atoms in total. The molecule has 2 aromatic carbocycles. The molecule has 0 saturated carbocycles. The molecular formula is C24H24FNO3S. The number of carbonyl (C=O) groups excluding carboxylic acids is 1. The summed E-state index contributed by atoms with van der Waals surface area (Å²) in [5.41, 5.74) is 2.41. The Morgan fingerprint density at radius 1 is 1.07 bits per heavy atom. The van der Waals surface area contributed by atoms with E-state index in [0.717, 1.165) is 28.0 Å². The van der Waals surface area contributed by atoms with Crippen molar-refractivity contribution in [3.8, 4) is 11.1 Å². The fourth-order valence-corrected chi connectivity index (χ4v) is 4.78. The number of ether oxygens (including phenoxy) is 1. The number of thiophene rings is 1. The number of benzene rings is 2. The van der Waals surface area contributed by atoms with E-state index in [-0.39, 0.29) is 18.5 Å². The van der Waals surface area contributed by atoms with Crippen LogP contribution in [0.4, 0.5) is 9.18 Å². The number of hydrogen-bond acceptors (Lipinski definition) is 4. The van der Waals surface area contributed by atoms with Gasteiger partial charge in [0.15, 0.2) is 5.60 Å². The van der Waals surface area contributed by atoms with Crippen LogP contribution in [0.25, 0.3) is 11.1 Å². The van der Waals surface area contributed by atoms with Gasteiger partial charge in [0.1, 0.15) is 5.82 Å². The Bertz CT molecular complexity index is 973. The topological polar surface area (TPSA) is 49.8 Å². The van der Waals surface area contributed by atoms with Crippen molar-refractivity contribution in [1.29, 1.82) is 0 Å². The zero-order chi connectivity index (χ0) is 21.0. The van der Waals surface area contributed by atoms with Crippen LogP contribution in [0.15, 0.2) is 66.0 Å². The van der Waals surface area contributed by atoms with Crippen molar-refractivity contribution in [2.75, 3.05) is 19.7 Å².